The first kappa shape index (κ1) is 32.6. The number of allylic oxidation sites excluding steroid dienone is 16. The number of benzene rings is 2. The number of guanidine groups is 1. The highest BCUT2D eigenvalue weighted by atomic mass is 15.4. The molecule has 9 aliphatic rings. The number of hydrogen-bond donors (Lipinski definition) is 2. The lowest BCUT2D eigenvalue weighted by Crippen LogP contribution is -2.62. The van der Waals surface area contributed by atoms with E-state index in [4.69, 9.17) is 4.99 Å². The third-order valence-electron chi connectivity index (χ3n) is 13.8. The maximum Gasteiger partial charge on any atom is 0.201 e. The van der Waals surface area contributed by atoms with Gasteiger partial charge in [0.2, 0.25) is 5.96 Å². The highest BCUT2D eigenvalue weighted by Gasteiger charge is 2.47. The maximum atomic E-state index is 5.74. The minimum absolute atomic E-state index is 0.0422. The third kappa shape index (κ3) is 5.06. The van der Waals surface area contributed by atoms with E-state index < -0.39 is 0 Å². The van der Waals surface area contributed by atoms with E-state index in [0.717, 1.165) is 44.5 Å². The highest BCUT2D eigenvalue weighted by Crippen LogP contribution is 2.50. The fourth-order valence-electron chi connectivity index (χ4n) is 11.2. The summed E-state index contributed by atoms with van der Waals surface area (Å²) in [4.78, 5) is 8.36. The van der Waals surface area contributed by atoms with Gasteiger partial charge in [-0.3, -0.25) is 5.32 Å². The second-order valence-corrected chi connectivity index (χ2v) is 16.8. The lowest BCUT2D eigenvalue weighted by molar-refractivity contribution is 0.288. The molecule has 0 radical (unpaired) electrons. The standard InChI is InChI=1S/C51H47N5/c1-2-14-32(15-3-1)49-52-50(44-30-34-16-4-5-17-37(34)38-18-6-7-19-39(38)44)54-51(53-49)56-47-25-13-10-22-42(47)43-29-33-26-27-36(28-35(33)31-48(43)56)55-45-23-11-8-20-40(45)41-21-9-12-24-46(41)55/h1-8,10-12,14,16-20,22-24,27-33,38-39,42,47,49-50,52H,9,13,15,21,25-26H2,(H,53,54). The summed E-state index contributed by atoms with van der Waals surface area (Å²) in [5.74, 6) is 2.63. The van der Waals surface area contributed by atoms with Crippen LogP contribution in [0.3, 0.4) is 0 Å². The van der Waals surface area contributed by atoms with E-state index in [-0.39, 0.29) is 18.2 Å². The molecular formula is C51H47N5. The van der Waals surface area contributed by atoms with E-state index in [1.165, 1.54) is 61.4 Å². The molecule has 1 aromatic heterocycles. The van der Waals surface area contributed by atoms with Crippen molar-refractivity contribution in [3.63, 3.8) is 0 Å². The van der Waals surface area contributed by atoms with Gasteiger partial charge in [-0.1, -0.05) is 128 Å². The molecule has 8 atom stereocenters. The molecular weight excluding hydrogens is 683 g/mol. The number of fused-ring (bicyclic) bond motifs is 10. The van der Waals surface area contributed by atoms with Crippen molar-refractivity contribution in [2.24, 2.45) is 28.7 Å². The molecule has 276 valence electrons. The van der Waals surface area contributed by atoms with Crippen molar-refractivity contribution in [2.75, 3.05) is 0 Å². The van der Waals surface area contributed by atoms with Gasteiger partial charge in [-0.25, -0.2) is 4.99 Å². The van der Waals surface area contributed by atoms with Crippen LogP contribution in [0.5, 0.6) is 0 Å². The molecule has 5 nitrogen and oxygen atoms in total. The smallest absolute Gasteiger partial charge is 0.201 e. The maximum absolute atomic E-state index is 5.74. The van der Waals surface area contributed by atoms with Crippen LogP contribution in [0.2, 0.25) is 0 Å². The summed E-state index contributed by atoms with van der Waals surface area (Å²) in [5.41, 5.74) is 13.7. The van der Waals surface area contributed by atoms with E-state index in [0.29, 0.717) is 29.7 Å². The summed E-state index contributed by atoms with van der Waals surface area (Å²) in [6, 6.07) is 18.2. The topological polar surface area (TPSA) is 44.6 Å². The number of likely N-dealkylation sites (tertiary alicyclic amines) is 1. The van der Waals surface area contributed by atoms with Gasteiger partial charge in [0.05, 0.1) is 11.7 Å². The van der Waals surface area contributed by atoms with Crippen LogP contribution in [0.25, 0.3) is 28.8 Å². The molecule has 8 unspecified atom stereocenters. The van der Waals surface area contributed by atoms with Crippen LogP contribution < -0.4 is 10.6 Å². The Hall–Kier alpha value is -5.65. The van der Waals surface area contributed by atoms with E-state index in [1.807, 2.05) is 0 Å². The SMILES string of the molecule is C1=CCC(C2NC(N3C4=CC5=CC(n6c7c(c8ccccc86)CCC=C7)=CCC5C=C4C4C=CCCC43)=NC(C3=Cc4ccccc4C4C=CC=CC34)N2)C=C1. The van der Waals surface area contributed by atoms with E-state index in [1.54, 1.807) is 0 Å². The number of aryl methyl sites for hydroxylation is 1. The summed E-state index contributed by atoms with van der Waals surface area (Å²) >= 11 is 0. The summed E-state index contributed by atoms with van der Waals surface area (Å²) in [5, 5.41) is 9.47. The van der Waals surface area contributed by atoms with Crippen LogP contribution in [0.1, 0.15) is 60.4 Å². The fraction of sp³-hybridized carbons (Fsp3) is 0.275. The average Bonchev–Trinajstić information content (AvgIpc) is 3.77. The zero-order chi connectivity index (χ0) is 36.7. The van der Waals surface area contributed by atoms with Gasteiger partial charge in [-0.2, -0.15) is 0 Å². The van der Waals surface area contributed by atoms with Gasteiger partial charge in [0, 0.05) is 58.1 Å². The predicted molar refractivity (Wildman–Crippen MR) is 230 cm³/mol. The van der Waals surface area contributed by atoms with Crippen molar-refractivity contribution >= 4 is 34.7 Å². The van der Waals surface area contributed by atoms with E-state index in [2.05, 4.69) is 172 Å². The molecule has 3 aromatic rings. The minimum atomic E-state index is -0.153. The molecule has 1 saturated heterocycles. The number of hydrogen-bond acceptors (Lipinski definition) is 4. The Bertz CT molecular complexity index is 2550. The number of para-hydroxylation sites is 1. The number of nitrogens with zero attached hydrogens (tertiary/aromatic N) is 3. The van der Waals surface area contributed by atoms with Crippen molar-refractivity contribution in [1.82, 2.24) is 20.1 Å². The second-order valence-electron chi connectivity index (χ2n) is 16.8. The predicted octanol–water partition coefficient (Wildman–Crippen LogP) is 10.1. The average molecular weight is 730 g/mol. The monoisotopic (exact) mass is 729 g/mol. The second kappa shape index (κ2) is 13.0. The molecule has 0 spiro atoms. The third-order valence-corrected chi connectivity index (χ3v) is 13.8. The Kier molecular flexibility index (Phi) is 7.54. The van der Waals surface area contributed by atoms with Gasteiger partial charge < -0.3 is 14.8 Å². The molecule has 2 aliphatic heterocycles. The number of aliphatic imine (C=N–C) groups is 1. The first-order valence-electron chi connectivity index (χ1n) is 21.0. The zero-order valence-electron chi connectivity index (χ0n) is 31.6. The summed E-state index contributed by atoms with van der Waals surface area (Å²) < 4.78 is 2.52. The van der Waals surface area contributed by atoms with Crippen LogP contribution >= 0.6 is 0 Å². The zero-order valence-corrected chi connectivity index (χ0v) is 31.6. The lowest BCUT2D eigenvalue weighted by Gasteiger charge is -2.43. The summed E-state index contributed by atoms with van der Waals surface area (Å²) in [6.07, 6.45) is 46.7. The van der Waals surface area contributed by atoms with E-state index >= 15 is 0 Å². The minimum Gasteiger partial charge on any atom is -0.340 e. The molecule has 0 amide bonds. The number of rotatable bonds is 3. The van der Waals surface area contributed by atoms with Gasteiger partial charge in [-0.15, -0.1) is 0 Å². The van der Waals surface area contributed by atoms with Crippen molar-refractivity contribution in [3.05, 3.63) is 184 Å². The van der Waals surface area contributed by atoms with Crippen LogP contribution in [0.15, 0.2) is 167 Å². The van der Waals surface area contributed by atoms with E-state index in [9.17, 15) is 0 Å². The molecule has 2 N–H and O–H groups in total. The van der Waals surface area contributed by atoms with Gasteiger partial charge in [-0.05, 0) is 96.2 Å². The Morgan fingerprint density at radius 2 is 1.66 bits per heavy atom. The van der Waals surface area contributed by atoms with Gasteiger partial charge in [0.15, 0.2) is 0 Å². The summed E-state index contributed by atoms with van der Waals surface area (Å²) in [7, 11) is 0. The normalized spacial score (nSPS) is 31.8. The first-order valence-corrected chi connectivity index (χ1v) is 21.0. The molecule has 0 saturated carbocycles. The Labute approximate surface area is 329 Å². The van der Waals surface area contributed by atoms with Crippen molar-refractivity contribution in [2.45, 2.75) is 62.8 Å². The molecule has 2 aromatic carbocycles. The van der Waals surface area contributed by atoms with Crippen LogP contribution in [0.4, 0.5) is 0 Å². The number of aromatic nitrogens is 1. The van der Waals surface area contributed by atoms with Gasteiger partial charge in [0.25, 0.3) is 0 Å². The number of nitrogens with one attached hydrogen (secondary N) is 2. The molecule has 7 aliphatic carbocycles. The first-order chi connectivity index (χ1) is 27.8. The molecule has 56 heavy (non-hydrogen) atoms. The molecule has 12 rings (SSSR count). The molecule has 1 fully saturated rings. The largest absolute Gasteiger partial charge is 0.340 e. The highest BCUT2D eigenvalue weighted by molar-refractivity contribution is 5.93. The lowest BCUT2D eigenvalue weighted by atomic mass is 9.72. The Morgan fingerprint density at radius 1 is 0.768 bits per heavy atom. The molecule has 3 heterocycles. The van der Waals surface area contributed by atoms with Gasteiger partial charge >= 0.3 is 0 Å². The van der Waals surface area contributed by atoms with Crippen molar-refractivity contribution < 1.29 is 0 Å². The fourth-order valence-corrected chi connectivity index (χ4v) is 11.2. The van der Waals surface area contributed by atoms with Crippen LogP contribution in [-0.4, -0.2) is 33.8 Å². The van der Waals surface area contributed by atoms with Crippen LogP contribution in [-0.2, 0) is 6.42 Å². The molecule has 5 heteroatoms. The Balaban J connectivity index is 0.976. The van der Waals surface area contributed by atoms with Crippen molar-refractivity contribution in [3.8, 4) is 0 Å². The van der Waals surface area contributed by atoms with Crippen molar-refractivity contribution in [1.29, 1.82) is 0 Å². The Morgan fingerprint density at radius 3 is 2.61 bits per heavy atom. The molecule has 0 bridgehead atoms. The summed E-state index contributed by atoms with van der Waals surface area (Å²) in [6.45, 7) is 0. The quantitative estimate of drug-likeness (QED) is 0.264. The van der Waals surface area contributed by atoms with Crippen LogP contribution in [0, 0.1) is 23.7 Å². The van der Waals surface area contributed by atoms with Gasteiger partial charge in [0.1, 0.15) is 6.17 Å².